The molecule has 0 aliphatic rings. The van der Waals surface area contributed by atoms with E-state index in [1.165, 1.54) is 12.1 Å². The van der Waals surface area contributed by atoms with Gasteiger partial charge in [0.25, 0.3) is 5.69 Å². The highest BCUT2D eigenvalue weighted by Gasteiger charge is 2.29. The Hall–Kier alpha value is -2.59. The molecule has 0 aromatic heterocycles. The molecule has 0 unspecified atom stereocenters. The molecule has 0 aliphatic heterocycles. The Kier molecular flexibility index (Phi) is 4.89. The Bertz CT molecular complexity index is 689. The van der Waals surface area contributed by atoms with Crippen LogP contribution in [0.1, 0.15) is 30.9 Å². The molecule has 7 nitrogen and oxygen atoms in total. The number of nitro benzene ring substituents is 1. The second kappa shape index (κ2) is 6.24. The van der Waals surface area contributed by atoms with E-state index >= 15 is 0 Å². The smallest absolute Gasteiger partial charge is 0.350 e. The van der Waals surface area contributed by atoms with Gasteiger partial charge in [-0.15, -0.1) is 0 Å². The highest BCUT2D eigenvalue weighted by molar-refractivity contribution is 6.31. The molecule has 1 aromatic carbocycles. The van der Waals surface area contributed by atoms with Crippen LogP contribution >= 0.6 is 11.6 Å². The average Bonchev–Trinajstić information content (AvgIpc) is 2.37. The summed E-state index contributed by atoms with van der Waals surface area (Å²) in [7, 11) is 0. The second-order valence-corrected chi connectivity index (χ2v) is 4.82. The van der Waals surface area contributed by atoms with Gasteiger partial charge in [-0.2, -0.15) is 5.26 Å². The predicted molar refractivity (Wildman–Crippen MR) is 75.0 cm³/mol. The number of benzene rings is 1. The number of aliphatic hydroxyl groups is 1. The zero-order valence-electron chi connectivity index (χ0n) is 11.1. The van der Waals surface area contributed by atoms with Crippen LogP contribution < -0.4 is 0 Å². The maximum absolute atomic E-state index is 11.3. The highest BCUT2D eigenvalue weighted by Crippen LogP contribution is 2.38. The Labute approximate surface area is 124 Å². The fraction of sp³-hybridized carbons (Fsp3) is 0.231. The topological polar surface area (TPSA) is 124 Å². The first-order valence-corrected chi connectivity index (χ1v) is 6.13. The summed E-state index contributed by atoms with van der Waals surface area (Å²) in [6.07, 6.45) is 0. The minimum atomic E-state index is -1.68. The largest absolute Gasteiger partial charge is 0.505 e. The van der Waals surface area contributed by atoms with Crippen LogP contribution in [-0.2, 0) is 4.79 Å². The molecule has 8 heteroatoms. The third kappa shape index (κ3) is 3.12. The molecule has 21 heavy (non-hydrogen) atoms. The summed E-state index contributed by atoms with van der Waals surface area (Å²) in [5, 5.41) is 38.9. The van der Waals surface area contributed by atoms with Crippen LogP contribution in [0.5, 0.6) is 0 Å². The lowest BCUT2D eigenvalue weighted by Gasteiger charge is -2.12. The van der Waals surface area contributed by atoms with Crippen LogP contribution in [0.25, 0.3) is 5.76 Å². The number of aliphatic hydroxyl groups excluding tert-OH is 1. The first kappa shape index (κ1) is 16.5. The van der Waals surface area contributed by atoms with E-state index in [1.807, 2.05) is 0 Å². The van der Waals surface area contributed by atoms with Crippen LogP contribution in [0.3, 0.4) is 0 Å². The van der Waals surface area contributed by atoms with E-state index in [1.54, 1.807) is 13.8 Å². The quantitative estimate of drug-likeness (QED) is 0.289. The van der Waals surface area contributed by atoms with Crippen molar-refractivity contribution >= 4 is 29.0 Å². The van der Waals surface area contributed by atoms with Gasteiger partial charge in [0.1, 0.15) is 6.07 Å². The molecule has 0 saturated heterocycles. The summed E-state index contributed by atoms with van der Waals surface area (Å²) in [6, 6.07) is 3.73. The summed E-state index contributed by atoms with van der Waals surface area (Å²) in [6.45, 7) is 3.34. The number of halogens is 1. The van der Waals surface area contributed by atoms with Crippen LogP contribution in [0.15, 0.2) is 17.7 Å². The molecule has 0 spiro atoms. The van der Waals surface area contributed by atoms with Gasteiger partial charge in [0.2, 0.25) is 0 Å². The van der Waals surface area contributed by atoms with Crippen LogP contribution in [0.4, 0.5) is 5.69 Å². The van der Waals surface area contributed by atoms with Crippen molar-refractivity contribution < 1.29 is 19.9 Å². The normalized spacial score (nSPS) is 11.8. The zero-order valence-corrected chi connectivity index (χ0v) is 11.9. The fourth-order valence-corrected chi connectivity index (χ4v) is 2.23. The molecule has 0 bridgehead atoms. The molecular weight excluding hydrogens is 300 g/mol. The maximum Gasteiger partial charge on any atom is 0.350 e. The van der Waals surface area contributed by atoms with Crippen LogP contribution in [0, 0.1) is 21.4 Å². The van der Waals surface area contributed by atoms with Gasteiger partial charge in [0, 0.05) is 0 Å². The number of carbonyl (C=O) groups is 1. The SMILES string of the molecule is CC(C)c1c(Cl)ccc(C(O)=C(C#N)C(=O)O)c1[N+](=O)[O-]. The first-order valence-electron chi connectivity index (χ1n) is 5.76. The Morgan fingerprint density at radius 1 is 1.43 bits per heavy atom. The van der Waals surface area contributed by atoms with Crippen LogP contribution in [0.2, 0.25) is 5.02 Å². The molecule has 0 saturated carbocycles. The standard InChI is InChI=1S/C13H11ClN2O5/c1-6(2)10-9(14)4-3-7(11(10)16(20)21)12(17)8(5-15)13(18)19/h3-4,6,17H,1-2H3,(H,18,19). The number of carboxylic acid groups (broad SMARTS) is 1. The Morgan fingerprint density at radius 3 is 2.38 bits per heavy atom. The third-order valence-electron chi connectivity index (χ3n) is 2.74. The summed E-state index contributed by atoms with van der Waals surface area (Å²) < 4.78 is 0. The summed E-state index contributed by atoms with van der Waals surface area (Å²) in [4.78, 5) is 21.4. The van der Waals surface area contributed by atoms with Crippen molar-refractivity contribution in [3.8, 4) is 6.07 Å². The Morgan fingerprint density at radius 2 is 2.00 bits per heavy atom. The van der Waals surface area contributed by atoms with Gasteiger partial charge < -0.3 is 10.2 Å². The van der Waals surface area contributed by atoms with Gasteiger partial charge in [-0.1, -0.05) is 25.4 Å². The van der Waals surface area contributed by atoms with Gasteiger partial charge >= 0.3 is 5.97 Å². The van der Waals surface area contributed by atoms with Gasteiger partial charge in [-0.3, -0.25) is 10.1 Å². The third-order valence-corrected chi connectivity index (χ3v) is 3.07. The molecule has 0 atom stereocenters. The van der Waals surface area contributed by atoms with E-state index in [0.717, 1.165) is 6.07 Å². The van der Waals surface area contributed by atoms with Crippen molar-refractivity contribution in [1.29, 1.82) is 5.26 Å². The molecule has 110 valence electrons. The molecule has 0 aliphatic carbocycles. The Balaban J connectivity index is 3.82. The van der Waals surface area contributed by atoms with Gasteiger partial charge in [0.05, 0.1) is 21.1 Å². The summed E-state index contributed by atoms with van der Waals surface area (Å²) in [5.41, 5.74) is -1.68. The lowest BCUT2D eigenvalue weighted by Crippen LogP contribution is -2.07. The van der Waals surface area contributed by atoms with Gasteiger partial charge in [0.15, 0.2) is 11.3 Å². The monoisotopic (exact) mass is 310 g/mol. The zero-order chi connectivity index (χ0) is 16.3. The number of hydrogen-bond acceptors (Lipinski definition) is 5. The van der Waals surface area contributed by atoms with Crippen molar-refractivity contribution in [1.82, 2.24) is 0 Å². The lowest BCUT2D eigenvalue weighted by atomic mass is 9.96. The summed E-state index contributed by atoms with van der Waals surface area (Å²) in [5.74, 6) is -2.97. The van der Waals surface area contributed by atoms with Crippen molar-refractivity contribution in [3.63, 3.8) is 0 Å². The van der Waals surface area contributed by atoms with Crippen molar-refractivity contribution in [2.75, 3.05) is 0 Å². The predicted octanol–water partition coefficient (Wildman–Crippen LogP) is 3.25. The van der Waals surface area contributed by atoms with E-state index in [2.05, 4.69) is 0 Å². The number of aliphatic carboxylic acids is 1. The minimum Gasteiger partial charge on any atom is -0.505 e. The number of nitro groups is 1. The number of carboxylic acids is 1. The minimum absolute atomic E-state index is 0.127. The van der Waals surface area contributed by atoms with Crippen LogP contribution in [-0.4, -0.2) is 21.1 Å². The average molecular weight is 311 g/mol. The lowest BCUT2D eigenvalue weighted by molar-refractivity contribution is -0.386. The molecular formula is C13H11ClN2O5. The van der Waals surface area contributed by atoms with E-state index in [-0.39, 0.29) is 22.1 Å². The van der Waals surface area contributed by atoms with Crippen molar-refractivity contribution in [2.45, 2.75) is 19.8 Å². The van der Waals surface area contributed by atoms with Crippen molar-refractivity contribution in [2.24, 2.45) is 0 Å². The molecule has 1 rings (SSSR count). The number of hydrogen-bond donors (Lipinski definition) is 2. The fourth-order valence-electron chi connectivity index (χ4n) is 1.86. The summed E-state index contributed by atoms with van der Waals surface area (Å²) >= 11 is 5.94. The molecule has 2 N–H and O–H groups in total. The van der Waals surface area contributed by atoms with Crippen molar-refractivity contribution in [3.05, 3.63) is 44.0 Å². The van der Waals surface area contributed by atoms with E-state index in [9.17, 15) is 20.0 Å². The second-order valence-electron chi connectivity index (χ2n) is 4.41. The molecule has 0 amide bonds. The molecule has 1 aromatic rings. The molecule has 0 fully saturated rings. The number of nitrogens with zero attached hydrogens (tertiary/aromatic N) is 2. The van der Waals surface area contributed by atoms with Gasteiger partial charge in [-0.25, -0.2) is 4.79 Å². The van der Waals surface area contributed by atoms with E-state index < -0.39 is 27.9 Å². The van der Waals surface area contributed by atoms with E-state index in [4.69, 9.17) is 22.0 Å². The highest BCUT2D eigenvalue weighted by atomic mass is 35.5. The van der Waals surface area contributed by atoms with Gasteiger partial charge in [-0.05, 0) is 18.1 Å². The molecule has 0 heterocycles. The number of nitriles is 1. The maximum atomic E-state index is 11.3. The molecule has 0 radical (unpaired) electrons. The van der Waals surface area contributed by atoms with E-state index in [0.29, 0.717) is 0 Å². The first-order chi connectivity index (χ1) is 9.72. The number of rotatable bonds is 4.